The zero-order valence-corrected chi connectivity index (χ0v) is 12.6. The highest BCUT2D eigenvalue weighted by atomic mass is 79.9. The number of hydrogen-bond acceptors (Lipinski definition) is 1. The van der Waals surface area contributed by atoms with Crippen LogP contribution in [0.1, 0.15) is 5.56 Å². The Morgan fingerprint density at radius 1 is 1.25 bits per heavy atom. The van der Waals surface area contributed by atoms with Gasteiger partial charge in [0.25, 0.3) is 0 Å². The quantitative estimate of drug-likeness (QED) is 0.781. The minimum absolute atomic E-state index is 0.127. The van der Waals surface area contributed by atoms with Crippen LogP contribution in [0, 0.1) is 5.82 Å². The summed E-state index contributed by atoms with van der Waals surface area (Å²) in [6.07, 6.45) is 2.89. The Hall–Kier alpha value is -1.65. The van der Waals surface area contributed by atoms with Gasteiger partial charge in [0, 0.05) is 15.6 Å². The summed E-state index contributed by atoms with van der Waals surface area (Å²) in [5.41, 5.74) is 0.850. The Kier molecular flexibility index (Phi) is 4.93. The van der Waals surface area contributed by atoms with Gasteiger partial charge in [0.1, 0.15) is 5.82 Å². The molecule has 0 heterocycles. The van der Waals surface area contributed by atoms with Gasteiger partial charge >= 0.3 is 0 Å². The summed E-state index contributed by atoms with van der Waals surface area (Å²) >= 11 is 9.11. The SMILES string of the molecule is O=C(C=Cc1ccccc1Cl)Nc1ccc(Br)cc1F. The number of benzene rings is 2. The Bertz CT molecular complexity index is 673. The van der Waals surface area contributed by atoms with Gasteiger partial charge in [0.15, 0.2) is 0 Å². The van der Waals surface area contributed by atoms with Crippen LogP contribution in [0.3, 0.4) is 0 Å². The minimum Gasteiger partial charge on any atom is -0.320 e. The molecule has 0 aliphatic rings. The van der Waals surface area contributed by atoms with Crippen LogP contribution in [0.2, 0.25) is 5.02 Å². The molecule has 5 heteroatoms. The lowest BCUT2D eigenvalue weighted by molar-refractivity contribution is -0.111. The maximum absolute atomic E-state index is 13.5. The molecule has 0 unspecified atom stereocenters. The minimum atomic E-state index is -0.501. The number of carbonyl (C=O) groups is 1. The van der Waals surface area contributed by atoms with E-state index in [0.717, 1.165) is 5.56 Å². The van der Waals surface area contributed by atoms with Gasteiger partial charge in [-0.15, -0.1) is 0 Å². The third kappa shape index (κ3) is 3.92. The molecule has 1 N–H and O–H groups in total. The standard InChI is InChI=1S/C15H10BrClFNO/c16-11-6-7-14(13(18)9-11)19-15(20)8-5-10-3-1-2-4-12(10)17/h1-9H,(H,19,20). The van der Waals surface area contributed by atoms with E-state index >= 15 is 0 Å². The highest BCUT2D eigenvalue weighted by molar-refractivity contribution is 9.10. The average Bonchev–Trinajstić information content (AvgIpc) is 2.41. The van der Waals surface area contributed by atoms with Crippen molar-refractivity contribution in [2.24, 2.45) is 0 Å². The number of halogens is 3. The third-order valence-electron chi connectivity index (χ3n) is 2.51. The molecule has 0 bridgehead atoms. The smallest absolute Gasteiger partial charge is 0.248 e. The molecule has 2 rings (SSSR count). The first-order valence-corrected chi connectivity index (χ1v) is 6.92. The van der Waals surface area contributed by atoms with Gasteiger partial charge in [0.2, 0.25) is 5.91 Å². The van der Waals surface area contributed by atoms with Crippen molar-refractivity contribution in [3.8, 4) is 0 Å². The van der Waals surface area contributed by atoms with Crippen molar-refractivity contribution in [1.82, 2.24) is 0 Å². The Balaban J connectivity index is 2.08. The first-order valence-electron chi connectivity index (χ1n) is 5.75. The molecule has 0 radical (unpaired) electrons. The molecule has 0 spiro atoms. The van der Waals surface area contributed by atoms with E-state index in [9.17, 15) is 9.18 Å². The number of anilines is 1. The molecule has 1 amide bonds. The molecule has 20 heavy (non-hydrogen) atoms. The highest BCUT2D eigenvalue weighted by Crippen LogP contribution is 2.20. The van der Waals surface area contributed by atoms with Crippen LogP contribution in [-0.4, -0.2) is 5.91 Å². The van der Waals surface area contributed by atoms with E-state index in [1.165, 1.54) is 18.2 Å². The van der Waals surface area contributed by atoms with Crippen molar-refractivity contribution >= 4 is 45.2 Å². The molecular formula is C15H10BrClFNO. The van der Waals surface area contributed by atoms with E-state index in [4.69, 9.17) is 11.6 Å². The fourth-order valence-corrected chi connectivity index (χ4v) is 2.07. The zero-order chi connectivity index (χ0) is 14.5. The lowest BCUT2D eigenvalue weighted by Crippen LogP contribution is -2.09. The van der Waals surface area contributed by atoms with Crippen LogP contribution >= 0.6 is 27.5 Å². The molecule has 102 valence electrons. The number of carbonyl (C=O) groups excluding carboxylic acids is 1. The zero-order valence-electron chi connectivity index (χ0n) is 10.2. The van der Waals surface area contributed by atoms with Crippen molar-refractivity contribution in [2.45, 2.75) is 0 Å². The van der Waals surface area contributed by atoms with E-state index in [1.54, 1.807) is 30.3 Å². The fraction of sp³-hybridized carbons (Fsp3) is 0. The van der Waals surface area contributed by atoms with Crippen LogP contribution in [0.5, 0.6) is 0 Å². The molecule has 0 aliphatic heterocycles. The van der Waals surface area contributed by atoms with Gasteiger partial charge in [-0.1, -0.05) is 45.7 Å². The van der Waals surface area contributed by atoms with Crippen molar-refractivity contribution in [3.05, 3.63) is 69.4 Å². The van der Waals surface area contributed by atoms with Gasteiger partial charge in [-0.2, -0.15) is 0 Å². The van der Waals surface area contributed by atoms with Crippen molar-refractivity contribution in [2.75, 3.05) is 5.32 Å². The summed E-state index contributed by atoms with van der Waals surface area (Å²) in [5, 5.41) is 3.01. The number of nitrogens with one attached hydrogen (secondary N) is 1. The molecule has 0 fully saturated rings. The molecule has 0 saturated heterocycles. The van der Waals surface area contributed by atoms with E-state index < -0.39 is 11.7 Å². The Labute approximate surface area is 129 Å². The summed E-state index contributed by atoms with van der Waals surface area (Å²) in [6.45, 7) is 0. The van der Waals surface area contributed by atoms with Crippen LogP contribution in [0.15, 0.2) is 53.0 Å². The largest absolute Gasteiger partial charge is 0.320 e. The van der Waals surface area contributed by atoms with E-state index in [2.05, 4.69) is 21.2 Å². The van der Waals surface area contributed by atoms with Crippen LogP contribution in [0.25, 0.3) is 6.08 Å². The van der Waals surface area contributed by atoms with Crippen molar-refractivity contribution in [3.63, 3.8) is 0 Å². The predicted octanol–water partition coefficient (Wildman–Crippen LogP) is 4.89. The first-order chi connectivity index (χ1) is 9.56. The normalized spacial score (nSPS) is 10.8. The summed E-state index contributed by atoms with van der Waals surface area (Å²) < 4.78 is 14.2. The van der Waals surface area contributed by atoms with E-state index in [-0.39, 0.29) is 5.69 Å². The monoisotopic (exact) mass is 353 g/mol. The Morgan fingerprint density at radius 3 is 2.70 bits per heavy atom. The summed E-state index contributed by atoms with van der Waals surface area (Å²) in [6, 6.07) is 11.6. The van der Waals surface area contributed by atoms with E-state index in [0.29, 0.717) is 9.50 Å². The molecular weight excluding hydrogens is 345 g/mol. The van der Waals surface area contributed by atoms with Gasteiger partial charge in [-0.25, -0.2) is 4.39 Å². The molecule has 0 atom stereocenters. The predicted molar refractivity (Wildman–Crippen MR) is 83.2 cm³/mol. The van der Waals surface area contributed by atoms with Crippen molar-refractivity contribution < 1.29 is 9.18 Å². The second-order valence-electron chi connectivity index (χ2n) is 3.97. The lowest BCUT2D eigenvalue weighted by Gasteiger charge is -2.04. The van der Waals surface area contributed by atoms with Gasteiger partial charge in [0.05, 0.1) is 5.69 Å². The van der Waals surface area contributed by atoms with Crippen LogP contribution in [-0.2, 0) is 4.79 Å². The summed E-state index contributed by atoms with van der Waals surface area (Å²) in [5.74, 6) is -0.926. The third-order valence-corrected chi connectivity index (χ3v) is 3.35. The maximum atomic E-state index is 13.5. The molecule has 0 saturated carbocycles. The number of rotatable bonds is 3. The highest BCUT2D eigenvalue weighted by Gasteiger charge is 2.05. The second kappa shape index (κ2) is 6.68. The van der Waals surface area contributed by atoms with Gasteiger partial charge < -0.3 is 5.32 Å². The number of hydrogen-bond donors (Lipinski definition) is 1. The molecule has 2 nitrogen and oxygen atoms in total. The van der Waals surface area contributed by atoms with Crippen molar-refractivity contribution in [1.29, 1.82) is 0 Å². The Morgan fingerprint density at radius 2 is 2.00 bits per heavy atom. The van der Waals surface area contributed by atoms with Crippen LogP contribution < -0.4 is 5.32 Å². The van der Waals surface area contributed by atoms with E-state index in [1.807, 2.05) is 6.07 Å². The first kappa shape index (κ1) is 14.8. The van der Waals surface area contributed by atoms with Gasteiger partial charge in [-0.3, -0.25) is 4.79 Å². The summed E-state index contributed by atoms with van der Waals surface area (Å²) in [4.78, 5) is 11.7. The molecule has 2 aromatic carbocycles. The molecule has 0 aliphatic carbocycles. The number of amides is 1. The molecule has 0 aromatic heterocycles. The van der Waals surface area contributed by atoms with Crippen LogP contribution in [0.4, 0.5) is 10.1 Å². The fourth-order valence-electron chi connectivity index (χ4n) is 1.54. The summed E-state index contributed by atoms with van der Waals surface area (Å²) in [7, 11) is 0. The molecule has 2 aromatic rings. The topological polar surface area (TPSA) is 29.1 Å². The second-order valence-corrected chi connectivity index (χ2v) is 5.29. The average molecular weight is 355 g/mol. The maximum Gasteiger partial charge on any atom is 0.248 e. The van der Waals surface area contributed by atoms with Gasteiger partial charge in [-0.05, 0) is 35.9 Å². The lowest BCUT2D eigenvalue weighted by atomic mass is 10.2.